The lowest BCUT2D eigenvalue weighted by molar-refractivity contribution is -0.118. The van der Waals surface area contributed by atoms with Crippen LogP contribution < -0.4 is 10.6 Å². The quantitative estimate of drug-likeness (QED) is 0.855. The van der Waals surface area contributed by atoms with Crippen molar-refractivity contribution in [3.8, 4) is 0 Å². The summed E-state index contributed by atoms with van der Waals surface area (Å²) in [6.07, 6.45) is 1.93. The van der Waals surface area contributed by atoms with E-state index >= 15 is 0 Å². The van der Waals surface area contributed by atoms with Crippen molar-refractivity contribution in [2.75, 3.05) is 11.9 Å². The van der Waals surface area contributed by atoms with Crippen molar-refractivity contribution >= 4 is 11.6 Å². The number of nitrogens with zero attached hydrogens (tertiary/aromatic N) is 1. The second kappa shape index (κ2) is 6.35. The van der Waals surface area contributed by atoms with E-state index in [9.17, 15) is 9.18 Å². The largest absolute Gasteiger partial charge is 0.328 e. The number of nitrogens with two attached hydrogens (primary N) is 1. The Labute approximate surface area is 101 Å². The zero-order valence-electron chi connectivity index (χ0n) is 10.3. The summed E-state index contributed by atoms with van der Waals surface area (Å²) in [7, 11) is 1.59. The predicted octanol–water partition coefficient (Wildman–Crippen LogP) is 2.31. The van der Waals surface area contributed by atoms with Crippen molar-refractivity contribution in [2.24, 2.45) is 5.73 Å². The molecule has 17 heavy (non-hydrogen) atoms. The van der Waals surface area contributed by atoms with E-state index in [1.54, 1.807) is 25.2 Å². The van der Waals surface area contributed by atoms with Crippen LogP contribution in [0.15, 0.2) is 24.3 Å². The SMILES string of the molecule is CC(N)CCCC(=O)N(C)c1ccccc1F. The smallest absolute Gasteiger partial charge is 0.226 e. The molecule has 0 bridgehead atoms. The van der Waals surface area contributed by atoms with Crippen molar-refractivity contribution in [1.82, 2.24) is 0 Å². The van der Waals surface area contributed by atoms with Crippen molar-refractivity contribution in [2.45, 2.75) is 32.2 Å². The van der Waals surface area contributed by atoms with Crippen LogP contribution in [-0.2, 0) is 4.79 Å². The highest BCUT2D eigenvalue weighted by Gasteiger charge is 2.13. The van der Waals surface area contributed by atoms with E-state index in [-0.39, 0.29) is 17.8 Å². The highest BCUT2D eigenvalue weighted by Crippen LogP contribution is 2.18. The maximum absolute atomic E-state index is 13.4. The summed E-state index contributed by atoms with van der Waals surface area (Å²) in [6, 6.07) is 6.36. The monoisotopic (exact) mass is 238 g/mol. The number of rotatable bonds is 5. The van der Waals surface area contributed by atoms with Gasteiger partial charge >= 0.3 is 0 Å². The molecule has 1 amide bonds. The zero-order valence-corrected chi connectivity index (χ0v) is 10.3. The van der Waals surface area contributed by atoms with Crippen LogP contribution in [-0.4, -0.2) is 19.0 Å². The molecule has 0 aliphatic carbocycles. The zero-order chi connectivity index (χ0) is 12.8. The van der Waals surface area contributed by atoms with Gasteiger partial charge in [-0.3, -0.25) is 4.79 Å². The Bertz CT molecular complexity index is 379. The Hall–Kier alpha value is -1.42. The molecule has 4 heteroatoms. The van der Waals surface area contributed by atoms with Gasteiger partial charge in [0.2, 0.25) is 5.91 Å². The van der Waals surface area contributed by atoms with Gasteiger partial charge in [-0.2, -0.15) is 0 Å². The molecule has 0 aliphatic heterocycles. The molecule has 2 N–H and O–H groups in total. The summed E-state index contributed by atoms with van der Waals surface area (Å²) in [4.78, 5) is 13.2. The molecular weight excluding hydrogens is 219 g/mol. The molecule has 0 radical (unpaired) electrons. The van der Waals surface area contributed by atoms with E-state index in [0.29, 0.717) is 12.1 Å². The third kappa shape index (κ3) is 4.15. The normalized spacial score (nSPS) is 12.2. The number of amides is 1. The van der Waals surface area contributed by atoms with E-state index < -0.39 is 0 Å². The fourth-order valence-corrected chi connectivity index (χ4v) is 1.60. The maximum Gasteiger partial charge on any atom is 0.226 e. The van der Waals surface area contributed by atoms with Crippen LogP contribution in [0, 0.1) is 5.82 Å². The molecular formula is C13H19FN2O. The molecule has 1 aromatic rings. The summed E-state index contributed by atoms with van der Waals surface area (Å²) in [5.74, 6) is -0.466. The fraction of sp³-hybridized carbons (Fsp3) is 0.462. The lowest BCUT2D eigenvalue weighted by atomic mass is 10.1. The highest BCUT2D eigenvalue weighted by molar-refractivity contribution is 5.92. The third-order valence-electron chi connectivity index (χ3n) is 2.64. The minimum Gasteiger partial charge on any atom is -0.328 e. The summed E-state index contributed by atoms with van der Waals surface area (Å²) < 4.78 is 13.4. The fourth-order valence-electron chi connectivity index (χ4n) is 1.60. The first-order valence-corrected chi connectivity index (χ1v) is 5.79. The molecule has 0 aromatic heterocycles. The second-order valence-electron chi connectivity index (χ2n) is 4.27. The molecule has 0 heterocycles. The van der Waals surface area contributed by atoms with Crippen LogP contribution in [0.2, 0.25) is 0 Å². The van der Waals surface area contributed by atoms with Crippen LogP contribution in [0.1, 0.15) is 26.2 Å². The Kier molecular flexibility index (Phi) is 5.10. The number of halogens is 1. The summed E-state index contributed by atoms with van der Waals surface area (Å²) in [6.45, 7) is 1.91. The van der Waals surface area contributed by atoms with Gasteiger partial charge in [0, 0.05) is 19.5 Å². The first-order valence-electron chi connectivity index (χ1n) is 5.79. The molecule has 0 spiro atoms. The van der Waals surface area contributed by atoms with Gasteiger partial charge in [-0.15, -0.1) is 0 Å². The molecule has 1 unspecified atom stereocenters. The molecule has 94 valence electrons. The number of anilines is 1. The van der Waals surface area contributed by atoms with Crippen molar-refractivity contribution in [3.05, 3.63) is 30.1 Å². The Balaban J connectivity index is 2.55. The molecule has 0 saturated carbocycles. The summed E-state index contributed by atoms with van der Waals surface area (Å²) in [5, 5.41) is 0. The molecule has 3 nitrogen and oxygen atoms in total. The molecule has 1 atom stereocenters. The van der Waals surface area contributed by atoms with Crippen LogP contribution in [0.3, 0.4) is 0 Å². The Morgan fingerprint density at radius 3 is 2.71 bits per heavy atom. The molecule has 0 saturated heterocycles. The Morgan fingerprint density at radius 1 is 1.47 bits per heavy atom. The van der Waals surface area contributed by atoms with Crippen molar-refractivity contribution < 1.29 is 9.18 Å². The van der Waals surface area contributed by atoms with E-state index in [1.165, 1.54) is 11.0 Å². The lowest BCUT2D eigenvalue weighted by Gasteiger charge is -2.18. The molecule has 0 aliphatic rings. The van der Waals surface area contributed by atoms with E-state index in [1.807, 2.05) is 6.92 Å². The van der Waals surface area contributed by atoms with Crippen molar-refractivity contribution in [1.29, 1.82) is 0 Å². The van der Waals surface area contributed by atoms with Gasteiger partial charge in [0.1, 0.15) is 5.82 Å². The summed E-state index contributed by atoms with van der Waals surface area (Å²) >= 11 is 0. The first kappa shape index (κ1) is 13.6. The lowest BCUT2D eigenvalue weighted by Crippen LogP contribution is -2.27. The van der Waals surface area contributed by atoms with Gasteiger partial charge in [-0.25, -0.2) is 4.39 Å². The Morgan fingerprint density at radius 2 is 2.12 bits per heavy atom. The van der Waals surface area contributed by atoms with E-state index in [0.717, 1.165) is 12.8 Å². The maximum atomic E-state index is 13.4. The number of hydrogen-bond donors (Lipinski definition) is 1. The van der Waals surface area contributed by atoms with Gasteiger partial charge < -0.3 is 10.6 Å². The number of carbonyl (C=O) groups is 1. The molecule has 0 fully saturated rings. The number of para-hydroxylation sites is 1. The van der Waals surface area contributed by atoms with E-state index in [4.69, 9.17) is 5.73 Å². The summed E-state index contributed by atoms with van der Waals surface area (Å²) in [5.41, 5.74) is 5.92. The van der Waals surface area contributed by atoms with Gasteiger partial charge in [-0.1, -0.05) is 12.1 Å². The minimum atomic E-state index is -0.379. The van der Waals surface area contributed by atoms with Crippen LogP contribution in [0.4, 0.5) is 10.1 Å². The van der Waals surface area contributed by atoms with Crippen LogP contribution in [0.25, 0.3) is 0 Å². The number of benzene rings is 1. The average molecular weight is 238 g/mol. The molecule has 1 aromatic carbocycles. The van der Waals surface area contributed by atoms with Gasteiger partial charge in [-0.05, 0) is 31.9 Å². The average Bonchev–Trinajstić information content (AvgIpc) is 2.28. The highest BCUT2D eigenvalue weighted by atomic mass is 19.1. The first-order chi connectivity index (χ1) is 8.02. The second-order valence-corrected chi connectivity index (χ2v) is 4.27. The van der Waals surface area contributed by atoms with Gasteiger partial charge in [0.25, 0.3) is 0 Å². The topological polar surface area (TPSA) is 46.3 Å². The van der Waals surface area contributed by atoms with E-state index in [2.05, 4.69) is 0 Å². The molecule has 1 rings (SSSR count). The standard InChI is InChI=1S/C13H19FN2O/c1-10(15)6-5-9-13(17)16(2)12-8-4-3-7-11(12)14/h3-4,7-8,10H,5-6,9,15H2,1-2H3. The van der Waals surface area contributed by atoms with Crippen LogP contribution >= 0.6 is 0 Å². The minimum absolute atomic E-state index is 0.0873. The number of carbonyl (C=O) groups excluding carboxylic acids is 1. The van der Waals surface area contributed by atoms with Gasteiger partial charge in [0.05, 0.1) is 5.69 Å². The predicted molar refractivity (Wildman–Crippen MR) is 67.3 cm³/mol. The van der Waals surface area contributed by atoms with Crippen molar-refractivity contribution in [3.63, 3.8) is 0 Å². The van der Waals surface area contributed by atoms with Gasteiger partial charge in [0.15, 0.2) is 0 Å². The number of hydrogen-bond acceptors (Lipinski definition) is 2. The third-order valence-corrected chi connectivity index (χ3v) is 2.64. The van der Waals surface area contributed by atoms with Crippen LogP contribution in [0.5, 0.6) is 0 Å².